The lowest BCUT2D eigenvalue weighted by Crippen LogP contribution is -2.23. The molecule has 4 aromatic carbocycles. The van der Waals surface area contributed by atoms with Crippen LogP contribution in [0.5, 0.6) is 5.75 Å². The van der Waals surface area contributed by atoms with E-state index in [0.717, 1.165) is 17.2 Å². The standard InChI is InChI=1S/C26H14ClF7O/c1-13-2-4-14(5-3-13)15-6-7-17(20(28)10-15)18-8-9-19(23(27)24(18)31)26(33,34)35-16-11-21(29)25(32)22(30)12-16/h2-12H,1H3. The van der Waals surface area contributed by atoms with Gasteiger partial charge >= 0.3 is 6.11 Å². The van der Waals surface area contributed by atoms with Crippen LogP contribution in [0, 0.1) is 36.0 Å². The van der Waals surface area contributed by atoms with Crippen molar-refractivity contribution in [2.45, 2.75) is 13.0 Å². The molecule has 0 bridgehead atoms. The second-order valence-corrected chi connectivity index (χ2v) is 8.05. The van der Waals surface area contributed by atoms with Gasteiger partial charge in [-0.15, -0.1) is 0 Å². The molecule has 0 saturated carbocycles. The topological polar surface area (TPSA) is 9.23 Å². The molecule has 0 amide bonds. The molecule has 0 unspecified atom stereocenters. The Labute approximate surface area is 200 Å². The number of halogens is 8. The zero-order valence-corrected chi connectivity index (χ0v) is 18.5. The summed E-state index contributed by atoms with van der Waals surface area (Å²) in [5.74, 6) is -8.60. The van der Waals surface area contributed by atoms with Gasteiger partial charge in [0.15, 0.2) is 17.5 Å². The average Bonchev–Trinajstić information content (AvgIpc) is 2.79. The van der Waals surface area contributed by atoms with E-state index in [9.17, 15) is 30.7 Å². The highest BCUT2D eigenvalue weighted by Crippen LogP contribution is 2.41. The van der Waals surface area contributed by atoms with Gasteiger partial charge in [0.2, 0.25) is 0 Å². The number of rotatable bonds is 5. The van der Waals surface area contributed by atoms with Crippen molar-refractivity contribution in [3.8, 4) is 28.0 Å². The molecule has 4 aromatic rings. The van der Waals surface area contributed by atoms with E-state index in [0.29, 0.717) is 11.6 Å². The highest BCUT2D eigenvalue weighted by atomic mass is 35.5. The largest absolute Gasteiger partial charge is 0.429 e. The van der Waals surface area contributed by atoms with Crippen molar-refractivity contribution in [3.63, 3.8) is 0 Å². The molecule has 35 heavy (non-hydrogen) atoms. The van der Waals surface area contributed by atoms with Gasteiger partial charge in [0.25, 0.3) is 0 Å². The molecule has 0 fully saturated rings. The minimum Gasteiger partial charge on any atom is -0.429 e. The second kappa shape index (κ2) is 9.26. The van der Waals surface area contributed by atoms with Crippen LogP contribution in [0.1, 0.15) is 11.1 Å². The van der Waals surface area contributed by atoms with Crippen LogP contribution in [0.4, 0.5) is 30.7 Å². The number of alkyl halides is 2. The fraction of sp³-hybridized carbons (Fsp3) is 0.0769. The third-order valence-corrected chi connectivity index (χ3v) is 5.61. The van der Waals surface area contributed by atoms with Gasteiger partial charge < -0.3 is 4.74 Å². The SMILES string of the molecule is Cc1ccc(-c2ccc(-c3ccc(C(F)(F)Oc4cc(F)c(F)c(F)c4)c(Cl)c3F)c(F)c2)cc1. The first kappa shape index (κ1) is 24.6. The smallest absolute Gasteiger partial charge is 0.428 e. The third-order valence-electron chi connectivity index (χ3n) is 5.24. The molecular formula is C26H14ClF7O. The predicted molar refractivity (Wildman–Crippen MR) is 118 cm³/mol. The highest BCUT2D eigenvalue weighted by Gasteiger charge is 2.39. The Morgan fingerprint density at radius 3 is 1.83 bits per heavy atom. The molecule has 0 atom stereocenters. The number of ether oxygens (including phenoxy) is 1. The summed E-state index contributed by atoms with van der Waals surface area (Å²) in [6.07, 6.45) is -4.36. The molecule has 0 saturated heterocycles. The van der Waals surface area contributed by atoms with Gasteiger partial charge in [0, 0.05) is 23.3 Å². The molecule has 0 aromatic heterocycles. The zero-order valence-electron chi connectivity index (χ0n) is 17.8. The number of benzene rings is 4. The number of hydrogen-bond donors (Lipinski definition) is 0. The van der Waals surface area contributed by atoms with Crippen molar-refractivity contribution in [3.05, 3.63) is 112 Å². The van der Waals surface area contributed by atoms with Crippen LogP contribution < -0.4 is 4.74 Å². The van der Waals surface area contributed by atoms with E-state index in [1.165, 1.54) is 12.1 Å². The summed E-state index contributed by atoms with van der Waals surface area (Å²) in [5.41, 5.74) is 0.467. The summed E-state index contributed by atoms with van der Waals surface area (Å²) in [7, 11) is 0. The molecule has 0 aliphatic rings. The van der Waals surface area contributed by atoms with Crippen molar-refractivity contribution >= 4 is 11.6 Å². The zero-order chi connectivity index (χ0) is 25.5. The molecular weight excluding hydrogens is 497 g/mol. The first-order valence-electron chi connectivity index (χ1n) is 10.0. The van der Waals surface area contributed by atoms with Crippen LogP contribution in [0.15, 0.2) is 66.7 Å². The summed E-state index contributed by atoms with van der Waals surface area (Å²) < 4.78 is 103. The van der Waals surface area contributed by atoms with E-state index in [2.05, 4.69) is 4.74 Å². The van der Waals surface area contributed by atoms with Crippen LogP contribution in [-0.4, -0.2) is 0 Å². The Bertz CT molecular complexity index is 1400. The van der Waals surface area contributed by atoms with E-state index in [1.807, 2.05) is 19.1 Å². The van der Waals surface area contributed by atoms with Gasteiger partial charge in [-0.2, -0.15) is 8.78 Å². The monoisotopic (exact) mass is 510 g/mol. The number of aryl methyl sites for hydroxylation is 1. The Morgan fingerprint density at radius 1 is 0.657 bits per heavy atom. The Morgan fingerprint density at radius 2 is 1.23 bits per heavy atom. The van der Waals surface area contributed by atoms with E-state index in [4.69, 9.17) is 11.6 Å². The van der Waals surface area contributed by atoms with Crippen molar-refractivity contribution in [2.24, 2.45) is 0 Å². The summed E-state index contributed by atoms with van der Waals surface area (Å²) in [5, 5.41) is -1.09. The average molecular weight is 511 g/mol. The van der Waals surface area contributed by atoms with Crippen LogP contribution in [0.3, 0.4) is 0 Å². The normalized spacial score (nSPS) is 11.6. The molecule has 0 N–H and O–H groups in total. The lowest BCUT2D eigenvalue weighted by atomic mass is 9.98. The van der Waals surface area contributed by atoms with Crippen LogP contribution in [-0.2, 0) is 6.11 Å². The number of hydrogen-bond acceptors (Lipinski definition) is 1. The quantitative estimate of drug-likeness (QED) is 0.192. The van der Waals surface area contributed by atoms with Gasteiger partial charge in [0.05, 0.1) is 10.6 Å². The molecule has 1 nitrogen and oxygen atoms in total. The van der Waals surface area contributed by atoms with Crippen molar-refractivity contribution in [2.75, 3.05) is 0 Å². The first-order chi connectivity index (χ1) is 16.5. The molecule has 4 rings (SSSR count). The lowest BCUT2D eigenvalue weighted by molar-refractivity contribution is -0.185. The van der Waals surface area contributed by atoms with Crippen molar-refractivity contribution in [1.82, 2.24) is 0 Å². The lowest BCUT2D eigenvalue weighted by Gasteiger charge is -2.20. The molecule has 0 spiro atoms. The second-order valence-electron chi connectivity index (χ2n) is 7.67. The molecule has 0 aliphatic carbocycles. The van der Waals surface area contributed by atoms with Gasteiger partial charge in [0.1, 0.15) is 17.4 Å². The summed E-state index contributed by atoms with van der Waals surface area (Å²) in [4.78, 5) is 0. The van der Waals surface area contributed by atoms with Gasteiger partial charge in [-0.3, -0.25) is 0 Å². The van der Waals surface area contributed by atoms with E-state index in [1.54, 1.807) is 18.2 Å². The van der Waals surface area contributed by atoms with E-state index >= 15 is 0 Å². The van der Waals surface area contributed by atoms with E-state index in [-0.39, 0.29) is 23.3 Å². The van der Waals surface area contributed by atoms with Crippen LogP contribution in [0.25, 0.3) is 22.3 Å². The Hall–Kier alpha value is -3.52. The summed E-state index contributed by atoms with van der Waals surface area (Å²) in [6, 6.07) is 13.3. The van der Waals surface area contributed by atoms with Crippen LogP contribution >= 0.6 is 11.6 Å². The minimum absolute atomic E-state index is 0.204. The van der Waals surface area contributed by atoms with Crippen molar-refractivity contribution < 1.29 is 35.5 Å². The minimum atomic E-state index is -4.36. The highest BCUT2D eigenvalue weighted by molar-refractivity contribution is 6.32. The van der Waals surface area contributed by atoms with Crippen LogP contribution in [0.2, 0.25) is 5.02 Å². The third kappa shape index (κ3) is 4.84. The van der Waals surface area contributed by atoms with Gasteiger partial charge in [-0.05, 0) is 30.2 Å². The molecule has 9 heteroatoms. The predicted octanol–water partition coefficient (Wildman–Crippen LogP) is 8.81. The fourth-order valence-corrected chi connectivity index (χ4v) is 3.71. The molecule has 0 aliphatic heterocycles. The Kier molecular flexibility index (Phi) is 6.51. The summed E-state index contributed by atoms with van der Waals surface area (Å²) >= 11 is 5.82. The maximum atomic E-state index is 15.0. The Balaban J connectivity index is 1.67. The molecule has 0 radical (unpaired) electrons. The fourth-order valence-electron chi connectivity index (χ4n) is 3.44. The maximum Gasteiger partial charge on any atom is 0.428 e. The molecule has 0 heterocycles. The van der Waals surface area contributed by atoms with Gasteiger partial charge in [-0.1, -0.05) is 59.6 Å². The first-order valence-corrected chi connectivity index (χ1v) is 10.4. The van der Waals surface area contributed by atoms with Gasteiger partial charge in [-0.25, -0.2) is 22.0 Å². The van der Waals surface area contributed by atoms with Crippen molar-refractivity contribution in [1.29, 1.82) is 0 Å². The maximum absolute atomic E-state index is 15.0. The molecule has 180 valence electrons. The summed E-state index contributed by atoms with van der Waals surface area (Å²) in [6.45, 7) is 1.90. The van der Waals surface area contributed by atoms with E-state index < -0.39 is 51.5 Å².